The molecule has 2 N–H and O–H groups in total. The molecule has 0 spiro atoms. The number of nitrogens with zero attached hydrogens (tertiary/aromatic N) is 2. The van der Waals surface area contributed by atoms with E-state index in [0.29, 0.717) is 6.42 Å². The van der Waals surface area contributed by atoms with Crippen LogP contribution in [0.25, 0.3) is 0 Å². The molecule has 0 bridgehead atoms. The molecular formula is C15H23N3O2. The van der Waals surface area contributed by atoms with Crippen molar-refractivity contribution < 1.29 is 9.53 Å². The number of hydrogen-bond acceptors (Lipinski definition) is 5. The molecule has 1 heterocycles. The highest BCUT2D eigenvalue weighted by Gasteiger charge is 2.17. The van der Waals surface area contributed by atoms with Gasteiger partial charge in [0.25, 0.3) is 0 Å². The summed E-state index contributed by atoms with van der Waals surface area (Å²) in [4.78, 5) is 15.8. The minimum absolute atomic E-state index is 0.120. The number of hydrogen-bond donors (Lipinski definition) is 1. The van der Waals surface area contributed by atoms with Crippen LogP contribution in [0.4, 0.5) is 11.4 Å². The average molecular weight is 277 g/mol. The topological polar surface area (TPSA) is 58.8 Å². The summed E-state index contributed by atoms with van der Waals surface area (Å²) in [7, 11) is 1.44. The van der Waals surface area contributed by atoms with Crippen LogP contribution in [0, 0.1) is 0 Å². The van der Waals surface area contributed by atoms with Crippen molar-refractivity contribution in [1.29, 1.82) is 0 Å². The summed E-state index contributed by atoms with van der Waals surface area (Å²) in [6.07, 6.45) is 1.38. The first-order valence-electron chi connectivity index (χ1n) is 7.08. The van der Waals surface area contributed by atoms with Crippen LogP contribution in [-0.2, 0) is 9.53 Å². The number of carbonyl (C=O) groups excluding carboxylic acids is 1. The van der Waals surface area contributed by atoms with E-state index in [1.807, 2.05) is 12.1 Å². The molecule has 2 rings (SSSR count). The zero-order valence-electron chi connectivity index (χ0n) is 12.0. The highest BCUT2D eigenvalue weighted by molar-refractivity contribution is 5.69. The van der Waals surface area contributed by atoms with E-state index in [4.69, 9.17) is 5.73 Å². The predicted molar refractivity (Wildman–Crippen MR) is 80.8 cm³/mol. The Morgan fingerprint density at radius 1 is 1.20 bits per heavy atom. The van der Waals surface area contributed by atoms with Gasteiger partial charge in [-0.2, -0.15) is 0 Å². The van der Waals surface area contributed by atoms with E-state index < -0.39 is 0 Å². The largest absolute Gasteiger partial charge is 0.469 e. The molecule has 1 fully saturated rings. The van der Waals surface area contributed by atoms with Crippen molar-refractivity contribution in [1.82, 2.24) is 4.90 Å². The Bertz CT molecular complexity index is 425. The molecule has 0 saturated carbocycles. The van der Waals surface area contributed by atoms with Crippen molar-refractivity contribution in [3.63, 3.8) is 0 Å². The molecule has 0 aliphatic carbocycles. The Morgan fingerprint density at radius 3 is 2.45 bits per heavy atom. The third kappa shape index (κ3) is 4.13. The van der Waals surface area contributed by atoms with E-state index in [-0.39, 0.29) is 5.97 Å². The summed E-state index contributed by atoms with van der Waals surface area (Å²) < 4.78 is 4.65. The second-order valence-corrected chi connectivity index (χ2v) is 5.10. The molecule has 20 heavy (non-hydrogen) atoms. The van der Waals surface area contributed by atoms with Crippen LogP contribution >= 0.6 is 0 Å². The predicted octanol–water partition coefficient (Wildman–Crippen LogP) is 1.34. The molecule has 0 amide bonds. The zero-order chi connectivity index (χ0) is 14.4. The number of nitrogen functional groups attached to an aromatic ring is 1. The van der Waals surface area contributed by atoms with Crippen LogP contribution < -0.4 is 10.6 Å². The third-order valence-electron chi connectivity index (χ3n) is 3.71. The fourth-order valence-corrected chi connectivity index (χ4v) is 2.46. The van der Waals surface area contributed by atoms with E-state index >= 15 is 0 Å². The van der Waals surface area contributed by atoms with E-state index in [9.17, 15) is 4.79 Å². The molecular weight excluding hydrogens is 254 g/mol. The Hall–Kier alpha value is -1.75. The van der Waals surface area contributed by atoms with Crippen LogP contribution in [-0.4, -0.2) is 50.7 Å². The molecule has 1 saturated heterocycles. The molecule has 0 aromatic heterocycles. The maximum atomic E-state index is 11.1. The molecule has 0 atom stereocenters. The summed E-state index contributed by atoms with van der Waals surface area (Å²) in [6, 6.07) is 8.03. The monoisotopic (exact) mass is 277 g/mol. The first-order chi connectivity index (χ1) is 9.69. The molecule has 1 aromatic carbocycles. The summed E-state index contributed by atoms with van der Waals surface area (Å²) in [6.45, 7) is 5.06. The number of piperazine rings is 1. The molecule has 0 unspecified atom stereocenters. The van der Waals surface area contributed by atoms with Crippen molar-refractivity contribution in [2.45, 2.75) is 12.8 Å². The van der Waals surface area contributed by atoms with Gasteiger partial charge in [-0.15, -0.1) is 0 Å². The molecule has 5 heteroatoms. The van der Waals surface area contributed by atoms with Gasteiger partial charge in [0.2, 0.25) is 0 Å². The van der Waals surface area contributed by atoms with Gasteiger partial charge in [0.1, 0.15) is 0 Å². The number of anilines is 2. The van der Waals surface area contributed by atoms with E-state index in [1.54, 1.807) is 0 Å². The highest BCUT2D eigenvalue weighted by Crippen LogP contribution is 2.18. The summed E-state index contributed by atoms with van der Waals surface area (Å²) in [5, 5.41) is 0. The van der Waals surface area contributed by atoms with Gasteiger partial charge in [0, 0.05) is 44.0 Å². The standard InChI is InChI=1S/C15H23N3O2/c1-20-15(19)3-2-8-17-9-11-18(12-10-17)14-6-4-13(16)5-7-14/h4-7H,2-3,8-12,16H2,1H3. The van der Waals surface area contributed by atoms with Crippen LogP contribution in [0.1, 0.15) is 12.8 Å². The first kappa shape index (κ1) is 14.7. The molecule has 0 radical (unpaired) electrons. The maximum Gasteiger partial charge on any atom is 0.305 e. The van der Waals surface area contributed by atoms with Crippen molar-refractivity contribution in [2.75, 3.05) is 50.5 Å². The maximum absolute atomic E-state index is 11.1. The lowest BCUT2D eigenvalue weighted by atomic mass is 10.2. The van der Waals surface area contributed by atoms with E-state index in [2.05, 4.69) is 26.7 Å². The highest BCUT2D eigenvalue weighted by atomic mass is 16.5. The lowest BCUT2D eigenvalue weighted by Gasteiger charge is -2.36. The molecule has 110 valence electrons. The third-order valence-corrected chi connectivity index (χ3v) is 3.71. The second kappa shape index (κ2) is 7.14. The SMILES string of the molecule is COC(=O)CCCN1CCN(c2ccc(N)cc2)CC1. The number of benzene rings is 1. The van der Waals surface area contributed by atoms with E-state index in [0.717, 1.165) is 44.8 Å². The van der Waals surface area contributed by atoms with Crippen LogP contribution in [0.2, 0.25) is 0 Å². The summed E-state index contributed by atoms with van der Waals surface area (Å²) in [5.41, 5.74) is 7.74. The lowest BCUT2D eigenvalue weighted by Crippen LogP contribution is -2.46. The average Bonchev–Trinajstić information content (AvgIpc) is 2.48. The van der Waals surface area contributed by atoms with Gasteiger partial charge in [-0.3, -0.25) is 9.69 Å². The van der Waals surface area contributed by atoms with Gasteiger partial charge < -0.3 is 15.4 Å². The van der Waals surface area contributed by atoms with Crippen molar-refractivity contribution in [3.8, 4) is 0 Å². The van der Waals surface area contributed by atoms with Crippen LogP contribution in [0.3, 0.4) is 0 Å². The number of rotatable bonds is 5. The number of methoxy groups -OCH3 is 1. The second-order valence-electron chi connectivity index (χ2n) is 5.10. The normalized spacial score (nSPS) is 16.1. The van der Waals surface area contributed by atoms with Gasteiger partial charge in [0.05, 0.1) is 7.11 Å². The minimum Gasteiger partial charge on any atom is -0.469 e. The number of esters is 1. The Balaban J connectivity index is 1.72. The molecule has 1 aliphatic rings. The zero-order valence-corrected chi connectivity index (χ0v) is 12.0. The van der Waals surface area contributed by atoms with Gasteiger partial charge in [0.15, 0.2) is 0 Å². The molecule has 1 aliphatic heterocycles. The summed E-state index contributed by atoms with van der Waals surface area (Å²) in [5.74, 6) is -0.120. The van der Waals surface area contributed by atoms with Gasteiger partial charge >= 0.3 is 5.97 Å². The van der Waals surface area contributed by atoms with Crippen LogP contribution in [0.15, 0.2) is 24.3 Å². The number of carbonyl (C=O) groups is 1. The molecule has 5 nitrogen and oxygen atoms in total. The summed E-state index contributed by atoms with van der Waals surface area (Å²) >= 11 is 0. The Labute approximate surface area is 120 Å². The van der Waals surface area contributed by atoms with Crippen molar-refractivity contribution in [3.05, 3.63) is 24.3 Å². The number of ether oxygens (including phenoxy) is 1. The van der Waals surface area contributed by atoms with E-state index in [1.165, 1.54) is 12.8 Å². The van der Waals surface area contributed by atoms with Gasteiger partial charge in [-0.05, 0) is 37.2 Å². The quantitative estimate of drug-likeness (QED) is 0.650. The Kier molecular flexibility index (Phi) is 5.24. The fraction of sp³-hybridized carbons (Fsp3) is 0.533. The lowest BCUT2D eigenvalue weighted by molar-refractivity contribution is -0.140. The fourth-order valence-electron chi connectivity index (χ4n) is 2.46. The van der Waals surface area contributed by atoms with Crippen molar-refractivity contribution >= 4 is 17.3 Å². The number of nitrogens with two attached hydrogens (primary N) is 1. The van der Waals surface area contributed by atoms with Crippen LogP contribution in [0.5, 0.6) is 0 Å². The van der Waals surface area contributed by atoms with Gasteiger partial charge in [-0.25, -0.2) is 0 Å². The smallest absolute Gasteiger partial charge is 0.305 e. The first-order valence-corrected chi connectivity index (χ1v) is 7.08. The van der Waals surface area contributed by atoms with Gasteiger partial charge in [-0.1, -0.05) is 0 Å². The minimum atomic E-state index is -0.120. The molecule has 1 aromatic rings. The van der Waals surface area contributed by atoms with Crippen molar-refractivity contribution in [2.24, 2.45) is 0 Å². The Morgan fingerprint density at radius 2 is 1.85 bits per heavy atom.